The maximum Gasteiger partial charge on any atom is 0.193 e. The minimum absolute atomic E-state index is 0. The summed E-state index contributed by atoms with van der Waals surface area (Å²) in [6.45, 7) is 2.90. The second-order valence-corrected chi connectivity index (χ2v) is 5.50. The molecule has 3 nitrogen and oxygen atoms in total. The average Bonchev–Trinajstić information content (AvgIpc) is 2.48. The fourth-order valence-electron chi connectivity index (χ4n) is 2.79. The Kier molecular flexibility index (Phi) is 5.83. The van der Waals surface area contributed by atoms with Gasteiger partial charge in [0.1, 0.15) is 0 Å². The molecule has 1 unspecified atom stereocenters. The molecule has 0 saturated carbocycles. The Bertz CT molecular complexity index is 667. The minimum Gasteiger partial charge on any atom is -0.370 e. The maximum absolute atomic E-state index is 5.98. The van der Waals surface area contributed by atoms with E-state index >= 15 is 0 Å². The highest BCUT2D eigenvalue weighted by molar-refractivity contribution is 14.0. The molecular formula is C18H22IN3. The second-order valence-electron chi connectivity index (χ2n) is 5.50. The van der Waals surface area contributed by atoms with Gasteiger partial charge in [-0.1, -0.05) is 43.3 Å². The number of nitrogens with two attached hydrogens (primary N) is 1. The van der Waals surface area contributed by atoms with Crippen LogP contribution < -0.4 is 11.1 Å². The number of nitrogens with one attached hydrogen (secondary N) is 1. The Labute approximate surface area is 149 Å². The van der Waals surface area contributed by atoms with Gasteiger partial charge in [0, 0.05) is 18.2 Å². The normalized spacial score (nSPS) is 16.2. The van der Waals surface area contributed by atoms with Gasteiger partial charge >= 0.3 is 0 Å². The van der Waals surface area contributed by atoms with Crippen molar-refractivity contribution in [3.8, 4) is 0 Å². The van der Waals surface area contributed by atoms with Gasteiger partial charge in [-0.3, -0.25) is 4.99 Å². The lowest BCUT2D eigenvalue weighted by atomic mass is 9.78. The van der Waals surface area contributed by atoms with Crippen LogP contribution in [0.4, 0.5) is 5.69 Å². The van der Waals surface area contributed by atoms with E-state index in [1.54, 1.807) is 0 Å². The molecule has 3 rings (SSSR count). The molecule has 4 heteroatoms. The van der Waals surface area contributed by atoms with E-state index in [2.05, 4.69) is 53.6 Å². The summed E-state index contributed by atoms with van der Waals surface area (Å²) in [4.78, 5) is 4.48. The van der Waals surface area contributed by atoms with Crippen molar-refractivity contribution in [2.45, 2.75) is 25.7 Å². The molecule has 2 aromatic rings. The van der Waals surface area contributed by atoms with Crippen molar-refractivity contribution in [3.63, 3.8) is 0 Å². The number of aliphatic imine (C=N–C) groups is 1. The Balaban J connectivity index is 0.00000176. The number of hydrogen-bond donors (Lipinski definition) is 2. The van der Waals surface area contributed by atoms with E-state index in [4.69, 9.17) is 5.73 Å². The number of anilines is 1. The first kappa shape index (κ1) is 16.8. The number of hydrogen-bond acceptors (Lipinski definition) is 1. The van der Waals surface area contributed by atoms with Crippen LogP contribution in [0, 0.1) is 0 Å². The molecule has 0 bridgehead atoms. The van der Waals surface area contributed by atoms with Crippen LogP contribution in [0.15, 0.2) is 53.5 Å². The number of nitrogens with zero attached hydrogens (tertiary/aromatic N) is 1. The van der Waals surface area contributed by atoms with Gasteiger partial charge < -0.3 is 11.1 Å². The molecule has 0 spiro atoms. The van der Waals surface area contributed by atoms with Gasteiger partial charge in [-0.2, -0.15) is 0 Å². The number of aryl methyl sites for hydroxylation is 1. The van der Waals surface area contributed by atoms with Crippen molar-refractivity contribution in [2.75, 3.05) is 11.9 Å². The quantitative estimate of drug-likeness (QED) is 0.459. The fraction of sp³-hybridized carbons (Fsp3) is 0.278. The van der Waals surface area contributed by atoms with E-state index in [1.165, 1.54) is 16.7 Å². The lowest BCUT2D eigenvalue weighted by Crippen LogP contribution is -2.26. The van der Waals surface area contributed by atoms with Gasteiger partial charge in [0.2, 0.25) is 0 Å². The fourth-order valence-corrected chi connectivity index (χ4v) is 2.79. The summed E-state index contributed by atoms with van der Waals surface area (Å²) in [6.07, 6.45) is 2.13. The molecule has 1 atom stereocenters. The predicted octanol–water partition coefficient (Wildman–Crippen LogP) is 3.93. The third-order valence-corrected chi connectivity index (χ3v) is 4.05. The lowest BCUT2D eigenvalue weighted by Gasteiger charge is -2.28. The molecule has 0 saturated heterocycles. The molecular weight excluding hydrogens is 385 g/mol. The van der Waals surface area contributed by atoms with Crippen LogP contribution in [0.1, 0.15) is 29.5 Å². The summed E-state index contributed by atoms with van der Waals surface area (Å²) in [6, 6.07) is 16.8. The first-order chi connectivity index (χ1) is 10.3. The van der Waals surface area contributed by atoms with Gasteiger partial charge in [-0.05, 0) is 41.7 Å². The molecule has 1 aliphatic carbocycles. The predicted molar refractivity (Wildman–Crippen MR) is 104 cm³/mol. The number of fused-ring (bicyclic) bond motifs is 1. The molecule has 0 heterocycles. The summed E-state index contributed by atoms with van der Waals surface area (Å²) < 4.78 is 0. The zero-order valence-corrected chi connectivity index (χ0v) is 15.1. The third kappa shape index (κ3) is 3.80. The zero-order chi connectivity index (χ0) is 14.7. The molecule has 0 aliphatic heterocycles. The highest BCUT2D eigenvalue weighted by Gasteiger charge is 2.24. The van der Waals surface area contributed by atoms with E-state index < -0.39 is 0 Å². The highest BCUT2D eigenvalue weighted by Crippen LogP contribution is 2.34. The van der Waals surface area contributed by atoms with Crippen LogP contribution >= 0.6 is 24.0 Å². The summed E-state index contributed by atoms with van der Waals surface area (Å²) in [7, 11) is 0. The summed E-state index contributed by atoms with van der Waals surface area (Å²) in [5, 5.41) is 3.17. The second kappa shape index (κ2) is 7.63. The van der Waals surface area contributed by atoms with E-state index in [1.807, 2.05) is 12.1 Å². The molecule has 3 N–H and O–H groups in total. The van der Waals surface area contributed by atoms with Crippen molar-refractivity contribution in [2.24, 2.45) is 10.7 Å². The van der Waals surface area contributed by atoms with Crippen LogP contribution in [0.5, 0.6) is 0 Å². The van der Waals surface area contributed by atoms with Crippen LogP contribution in [0.2, 0.25) is 0 Å². The number of rotatable bonds is 4. The monoisotopic (exact) mass is 407 g/mol. The number of benzene rings is 2. The van der Waals surface area contributed by atoms with Gasteiger partial charge in [0.25, 0.3) is 0 Å². The number of halogens is 1. The largest absolute Gasteiger partial charge is 0.370 e. The number of guanidine groups is 1. The summed E-state index contributed by atoms with van der Waals surface area (Å²) in [5.41, 5.74) is 11.1. The Morgan fingerprint density at radius 1 is 1.23 bits per heavy atom. The van der Waals surface area contributed by atoms with E-state index in [9.17, 15) is 0 Å². The molecule has 1 aliphatic rings. The molecule has 0 fully saturated rings. The SMILES string of the molecule is CCc1cccc(NC(N)=NCC2Cc3ccccc32)c1.I. The first-order valence-electron chi connectivity index (χ1n) is 7.50. The molecule has 116 valence electrons. The van der Waals surface area contributed by atoms with Gasteiger partial charge in [0.15, 0.2) is 5.96 Å². The summed E-state index contributed by atoms with van der Waals surface area (Å²) in [5.74, 6) is 1.01. The Morgan fingerprint density at radius 2 is 2.05 bits per heavy atom. The van der Waals surface area contributed by atoms with Crippen LogP contribution in [-0.4, -0.2) is 12.5 Å². The lowest BCUT2D eigenvalue weighted by molar-refractivity contribution is 0.619. The maximum atomic E-state index is 5.98. The third-order valence-electron chi connectivity index (χ3n) is 4.05. The van der Waals surface area contributed by atoms with Crippen molar-refractivity contribution < 1.29 is 0 Å². The van der Waals surface area contributed by atoms with Crippen LogP contribution in [-0.2, 0) is 12.8 Å². The van der Waals surface area contributed by atoms with Gasteiger partial charge in [-0.25, -0.2) is 0 Å². The van der Waals surface area contributed by atoms with E-state index in [0.717, 1.165) is 25.1 Å². The minimum atomic E-state index is 0. The average molecular weight is 407 g/mol. The summed E-state index contributed by atoms with van der Waals surface area (Å²) >= 11 is 0. The van der Waals surface area contributed by atoms with Crippen molar-refractivity contribution >= 4 is 35.6 Å². The van der Waals surface area contributed by atoms with E-state index in [-0.39, 0.29) is 24.0 Å². The standard InChI is InChI=1S/C18H21N3.HI/c1-2-13-6-5-8-16(10-13)21-18(19)20-12-15-11-14-7-3-4-9-17(14)15;/h3-10,15H,2,11-12H2,1H3,(H3,19,20,21);1H. The first-order valence-corrected chi connectivity index (χ1v) is 7.50. The molecule has 2 aromatic carbocycles. The van der Waals surface area contributed by atoms with E-state index in [0.29, 0.717) is 11.9 Å². The Morgan fingerprint density at radius 3 is 2.82 bits per heavy atom. The van der Waals surface area contributed by atoms with Crippen LogP contribution in [0.25, 0.3) is 0 Å². The van der Waals surface area contributed by atoms with Crippen molar-refractivity contribution in [1.82, 2.24) is 0 Å². The molecule has 0 radical (unpaired) electrons. The van der Waals surface area contributed by atoms with Gasteiger partial charge in [0.05, 0.1) is 0 Å². The van der Waals surface area contributed by atoms with Crippen LogP contribution in [0.3, 0.4) is 0 Å². The zero-order valence-electron chi connectivity index (χ0n) is 12.8. The smallest absolute Gasteiger partial charge is 0.193 e. The highest BCUT2D eigenvalue weighted by atomic mass is 127. The Hall–Kier alpha value is -1.56. The molecule has 0 amide bonds. The molecule has 22 heavy (non-hydrogen) atoms. The van der Waals surface area contributed by atoms with Crippen molar-refractivity contribution in [1.29, 1.82) is 0 Å². The molecule has 0 aromatic heterocycles. The topological polar surface area (TPSA) is 50.4 Å². The van der Waals surface area contributed by atoms with Gasteiger partial charge in [-0.15, -0.1) is 24.0 Å². The van der Waals surface area contributed by atoms with Crippen molar-refractivity contribution in [3.05, 3.63) is 65.2 Å².